The summed E-state index contributed by atoms with van der Waals surface area (Å²) in [5, 5.41) is 16.0. The first-order valence-electron chi connectivity index (χ1n) is 8.04. The van der Waals surface area contributed by atoms with Gasteiger partial charge in [0.2, 0.25) is 0 Å². The summed E-state index contributed by atoms with van der Waals surface area (Å²) in [6, 6.07) is 6.97. The minimum Gasteiger partial charge on any atom is -0.373 e. The molecule has 2 atom stereocenters. The Morgan fingerprint density at radius 3 is 3.00 bits per heavy atom. The second-order valence-corrected chi connectivity index (χ2v) is 5.97. The monoisotopic (exact) mass is 340 g/mol. The van der Waals surface area contributed by atoms with Crippen molar-refractivity contribution in [3.63, 3.8) is 0 Å². The maximum absolute atomic E-state index is 12.4. The molecule has 8 nitrogen and oxygen atoms in total. The van der Waals surface area contributed by atoms with Gasteiger partial charge < -0.3 is 10.1 Å². The Morgan fingerprint density at radius 2 is 2.28 bits per heavy atom. The summed E-state index contributed by atoms with van der Waals surface area (Å²) in [5.74, 6) is -0.250. The minimum absolute atomic E-state index is 0.00802. The number of aromatic nitrogens is 3. The first kappa shape index (κ1) is 17.1. The third-order valence-corrected chi connectivity index (χ3v) is 4.37. The molecule has 0 radical (unpaired) electrons. The van der Waals surface area contributed by atoms with Crippen LogP contribution < -0.4 is 5.32 Å². The van der Waals surface area contributed by atoms with Crippen molar-refractivity contribution in [2.75, 3.05) is 26.7 Å². The van der Waals surface area contributed by atoms with Gasteiger partial charge in [-0.1, -0.05) is 0 Å². The lowest BCUT2D eigenvalue weighted by atomic mass is 10.0. The highest BCUT2D eigenvalue weighted by Gasteiger charge is 2.33. The maximum atomic E-state index is 12.4. The van der Waals surface area contributed by atoms with Gasteiger partial charge in [-0.15, -0.1) is 0 Å². The standard InChI is InChI=1S/C17H20N6O2/c1-22-7-8-25-15(16(22)14-4-6-21-23(14)2)11-20-17(24)12-3-5-19-13(9-12)10-18/h3-6,9,15-16H,7-8,11H2,1-2H3,(H,20,24)/t15-,16-/m0/s1. The summed E-state index contributed by atoms with van der Waals surface area (Å²) in [6.07, 6.45) is 3.03. The summed E-state index contributed by atoms with van der Waals surface area (Å²) in [4.78, 5) is 18.4. The van der Waals surface area contributed by atoms with Gasteiger partial charge in [0.15, 0.2) is 0 Å². The van der Waals surface area contributed by atoms with Gasteiger partial charge in [0, 0.05) is 38.1 Å². The fourth-order valence-electron chi connectivity index (χ4n) is 3.05. The number of rotatable bonds is 4. The van der Waals surface area contributed by atoms with Crippen LogP contribution >= 0.6 is 0 Å². The van der Waals surface area contributed by atoms with Crippen LogP contribution in [0.3, 0.4) is 0 Å². The number of likely N-dealkylation sites (N-methyl/N-ethyl adjacent to an activating group) is 1. The minimum atomic E-state index is -0.250. The average Bonchev–Trinajstić information content (AvgIpc) is 3.05. The molecule has 0 unspecified atom stereocenters. The largest absolute Gasteiger partial charge is 0.373 e. The van der Waals surface area contributed by atoms with E-state index in [0.29, 0.717) is 18.7 Å². The van der Waals surface area contributed by atoms with Crippen molar-refractivity contribution in [3.8, 4) is 6.07 Å². The number of nitriles is 1. The normalized spacial score (nSPS) is 20.8. The number of carbonyl (C=O) groups is 1. The quantitative estimate of drug-likeness (QED) is 0.870. The summed E-state index contributed by atoms with van der Waals surface area (Å²) in [5.41, 5.74) is 1.67. The second kappa shape index (κ2) is 7.42. The molecular weight excluding hydrogens is 320 g/mol. The number of nitrogens with zero attached hydrogens (tertiary/aromatic N) is 5. The lowest BCUT2D eigenvalue weighted by Gasteiger charge is -2.39. The highest BCUT2D eigenvalue weighted by molar-refractivity contribution is 5.94. The van der Waals surface area contributed by atoms with Crippen LogP contribution in [0, 0.1) is 11.3 Å². The molecule has 8 heteroatoms. The molecule has 0 aromatic carbocycles. The van der Waals surface area contributed by atoms with Gasteiger partial charge in [0.1, 0.15) is 11.8 Å². The zero-order chi connectivity index (χ0) is 17.8. The third kappa shape index (κ3) is 3.68. The van der Waals surface area contributed by atoms with E-state index in [1.54, 1.807) is 12.3 Å². The molecule has 25 heavy (non-hydrogen) atoms. The number of hydrogen-bond donors (Lipinski definition) is 1. The topological polar surface area (TPSA) is 96.1 Å². The predicted molar refractivity (Wildman–Crippen MR) is 89.6 cm³/mol. The van der Waals surface area contributed by atoms with E-state index in [1.807, 2.05) is 30.9 Å². The van der Waals surface area contributed by atoms with Gasteiger partial charge in [-0.05, 0) is 25.2 Å². The fraction of sp³-hybridized carbons (Fsp3) is 0.412. The molecule has 1 amide bonds. The Hall–Kier alpha value is -2.76. The summed E-state index contributed by atoms with van der Waals surface area (Å²) >= 11 is 0. The Bertz CT molecular complexity index is 796. The number of aryl methyl sites for hydroxylation is 1. The molecule has 0 saturated carbocycles. The number of hydrogen-bond acceptors (Lipinski definition) is 6. The molecule has 2 aromatic rings. The van der Waals surface area contributed by atoms with E-state index in [1.165, 1.54) is 12.3 Å². The molecule has 1 saturated heterocycles. The van der Waals surface area contributed by atoms with Crippen molar-refractivity contribution in [3.05, 3.63) is 47.5 Å². The predicted octanol–water partition coefficient (Wildman–Crippen LogP) is 0.488. The summed E-state index contributed by atoms with van der Waals surface area (Å²) in [7, 11) is 3.94. The molecule has 2 aromatic heterocycles. The summed E-state index contributed by atoms with van der Waals surface area (Å²) < 4.78 is 7.73. The van der Waals surface area contributed by atoms with Gasteiger partial charge in [-0.3, -0.25) is 14.4 Å². The van der Waals surface area contributed by atoms with E-state index >= 15 is 0 Å². The van der Waals surface area contributed by atoms with Crippen molar-refractivity contribution < 1.29 is 9.53 Å². The van der Waals surface area contributed by atoms with Crippen LogP contribution in [-0.2, 0) is 11.8 Å². The number of nitrogens with one attached hydrogen (secondary N) is 1. The van der Waals surface area contributed by atoms with Crippen LogP contribution in [0.2, 0.25) is 0 Å². The third-order valence-electron chi connectivity index (χ3n) is 4.37. The summed E-state index contributed by atoms with van der Waals surface area (Å²) in [6.45, 7) is 1.79. The first-order valence-corrected chi connectivity index (χ1v) is 8.04. The van der Waals surface area contributed by atoms with Crippen LogP contribution in [-0.4, -0.2) is 58.4 Å². The molecule has 130 valence electrons. The van der Waals surface area contributed by atoms with Gasteiger partial charge in [0.05, 0.1) is 24.4 Å². The van der Waals surface area contributed by atoms with Crippen molar-refractivity contribution in [2.45, 2.75) is 12.1 Å². The van der Waals surface area contributed by atoms with Crippen LogP contribution in [0.1, 0.15) is 27.8 Å². The highest BCUT2D eigenvalue weighted by atomic mass is 16.5. The van der Waals surface area contributed by atoms with E-state index < -0.39 is 0 Å². The van der Waals surface area contributed by atoms with Crippen LogP contribution in [0.4, 0.5) is 0 Å². The van der Waals surface area contributed by atoms with Gasteiger partial charge in [-0.25, -0.2) is 4.98 Å². The molecule has 1 aliphatic rings. The zero-order valence-electron chi connectivity index (χ0n) is 14.2. The van der Waals surface area contributed by atoms with E-state index in [-0.39, 0.29) is 23.7 Å². The Kier molecular flexibility index (Phi) is 5.07. The van der Waals surface area contributed by atoms with Crippen molar-refractivity contribution >= 4 is 5.91 Å². The van der Waals surface area contributed by atoms with E-state index in [0.717, 1.165) is 12.2 Å². The number of morpholine rings is 1. The van der Waals surface area contributed by atoms with Crippen LogP contribution in [0.25, 0.3) is 0 Å². The first-order chi connectivity index (χ1) is 12.1. The average molecular weight is 340 g/mol. The number of amides is 1. The number of carbonyl (C=O) groups excluding carboxylic acids is 1. The molecule has 1 N–H and O–H groups in total. The Balaban J connectivity index is 1.71. The Morgan fingerprint density at radius 1 is 1.44 bits per heavy atom. The zero-order valence-corrected chi connectivity index (χ0v) is 14.2. The van der Waals surface area contributed by atoms with Crippen LogP contribution in [0.5, 0.6) is 0 Å². The lowest BCUT2D eigenvalue weighted by molar-refractivity contribution is -0.0629. The van der Waals surface area contributed by atoms with Crippen LogP contribution in [0.15, 0.2) is 30.6 Å². The van der Waals surface area contributed by atoms with Gasteiger partial charge in [-0.2, -0.15) is 10.4 Å². The molecule has 0 bridgehead atoms. The molecule has 0 spiro atoms. The van der Waals surface area contributed by atoms with Crippen molar-refractivity contribution in [2.24, 2.45) is 7.05 Å². The smallest absolute Gasteiger partial charge is 0.251 e. The lowest BCUT2D eigenvalue weighted by Crippen LogP contribution is -2.48. The molecule has 1 aliphatic heterocycles. The van der Waals surface area contributed by atoms with E-state index in [4.69, 9.17) is 10.00 Å². The van der Waals surface area contributed by atoms with E-state index in [9.17, 15) is 4.79 Å². The maximum Gasteiger partial charge on any atom is 0.251 e. The molecule has 1 fully saturated rings. The molecule has 3 rings (SSSR count). The highest BCUT2D eigenvalue weighted by Crippen LogP contribution is 2.27. The SMILES string of the molecule is CN1CCO[C@@H](CNC(=O)c2ccnc(C#N)c2)[C@@H]1c1ccnn1C. The number of pyridine rings is 1. The van der Waals surface area contributed by atoms with E-state index in [2.05, 4.69) is 20.3 Å². The van der Waals surface area contributed by atoms with Crippen molar-refractivity contribution in [1.29, 1.82) is 5.26 Å². The van der Waals surface area contributed by atoms with Gasteiger partial charge >= 0.3 is 0 Å². The number of ether oxygens (including phenoxy) is 1. The second-order valence-electron chi connectivity index (χ2n) is 5.97. The van der Waals surface area contributed by atoms with Gasteiger partial charge in [0.25, 0.3) is 5.91 Å². The van der Waals surface area contributed by atoms with Crippen molar-refractivity contribution in [1.82, 2.24) is 25.0 Å². The molecule has 0 aliphatic carbocycles. The molecular formula is C17H20N6O2. The fourth-order valence-corrected chi connectivity index (χ4v) is 3.05. The Labute approximate surface area is 146 Å². The molecule has 3 heterocycles.